The minimum Gasteiger partial charge on any atom is -0.361 e. The van der Waals surface area contributed by atoms with Crippen LogP contribution in [-0.4, -0.2) is 10.9 Å². The maximum Gasteiger partial charge on any atom is 0.234 e. The third-order valence-electron chi connectivity index (χ3n) is 4.01. The van der Waals surface area contributed by atoms with Gasteiger partial charge in [-0.1, -0.05) is 29.8 Å². The van der Waals surface area contributed by atoms with Crippen LogP contribution in [0.2, 0.25) is 5.02 Å². The minimum atomic E-state index is -0.839. The predicted molar refractivity (Wildman–Crippen MR) is 91.4 cm³/mol. The van der Waals surface area contributed by atoms with Gasteiger partial charge in [0.2, 0.25) is 5.91 Å². The molecule has 0 atom stereocenters. The number of aromatic amines is 1. The molecule has 118 valence electrons. The summed E-state index contributed by atoms with van der Waals surface area (Å²) in [7, 11) is 0. The first-order valence-corrected chi connectivity index (χ1v) is 7.60. The van der Waals surface area contributed by atoms with Crippen molar-refractivity contribution in [1.82, 2.24) is 4.98 Å². The lowest BCUT2D eigenvalue weighted by atomic mass is 9.83. The summed E-state index contributed by atoms with van der Waals surface area (Å²) < 4.78 is 13.7. The van der Waals surface area contributed by atoms with Gasteiger partial charge >= 0.3 is 0 Å². The van der Waals surface area contributed by atoms with Crippen molar-refractivity contribution in [2.75, 3.05) is 5.32 Å². The molecule has 2 N–H and O–H groups in total. The summed E-state index contributed by atoms with van der Waals surface area (Å²) in [6.07, 6.45) is 1.79. The molecule has 3 rings (SSSR count). The highest BCUT2D eigenvalue weighted by Gasteiger charge is 2.32. The van der Waals surface area contributed by atoms with E-state index in [0.717, 1.165) is 16.5 Å². The second-order valence-corrected chi connectivity index (χ2v) is 6.39. The molecule has 5 heteroatoms. The van der Waals surface area contributed by atoms with E-state index in [1.807, 2.05) is 12.1 Å². The molecule has 0 aliphatic carbocycles. The van der Waals surface area contributed by atoms with Gasteiger partial charge in [-0.25, -0.2) is 4.39 Å². The Kier molecular flexibility index (Phi) is 3.86. The standard InChI is InChI=1S/C18H16ClFN2O/c1-18(2,17(23)22-15-6-4-3-5-14(15)20)13-10-21-16-9-11(19)7-8-12(13)16/h3-10,21H,1-2H3,(H,22,23). The first-order chi connectivity index (χ1) is 10.9. The Morgan fingerprint density at radius 3 is 2.70 bits per heavy atom. The molecule has 3 nitrogen and oxygen atoms in total. The predicted octanol–water partition coefficient (Wildman–Crippen LogP) is 4.88. The fourth-order valence-electron chi connectivity index (χ4n) is 2.58. The second-order valence-electron chi connectivity index (χ2n) is 5.95. The van der Waals surface area contributed by atoms with Gasteiger partial charge in [0.15, 0.2) is 0 Å². The maximum atomic E-state index is 13.7. The molecule has 0 saturated heterocycles. The van der Waals surface area contributed by atoms with Crippen molar-refractivity contribution < 1.29 is 9.18 Å². The zero-order valence-corrected chi connectivity index (χ0v) is 13.5. The van der Waals surface area contributed by atoms with Crippen LogP contribution in [0.3, 0.4) is 0 Å². The number of H-pyrrole nitrogens is 1. The smallest absolute Gasteiger partial charge is 0.234 e. The molecular weight excluding hydrogens is 315 g/mol. The molecule has 1 aromatic heterocycles. The molecule has 0 aliphatic rings. The van der Waals surface area contributed by atoms with Gasteiger partial charge in [-0.05, 0) is 43.7 Å². The number of anilines is 1. The summed E-state index contributed by atoms with van der Waals surface area (Å²) in [4.78, 5) is 15.8. The zero-order valence-electron chi connectivity index (χ0n) is 12.8. The summed E-state index contributed by atoms with van der Waals surface area (Å²) in [5, 5.41) is 4.21. The maximum absolute atomic E-state index is 13.7. The van der Waals surface area contributed by atoms with Gasteiger partial charge in [-0.15, -0.1) is 0 Å². The molecule has 0 bridgehead atoms. The molecule has 1 amide bonds. The van der Waals surface area contributed by atoms with Gasteiger partial charge in [0, 0.05) is 22.1 Å². The van der Waals surface area contributed by atoms with Crippen molar-refractivity contribution in [3.63, 3.8) is 0 Å². The molecule has 0 radical (unpaired) electrons. The first-order valence-electron chi connectivity index (χ1n) is 7.22. The van der Waals surface area contributed by atoms with Crippen LogP contribution < -0.4 is 5.32 Å². The molecule has 0 fully saturated rings. The number of carbonyl (C=O) groups is 1. The lowest BCUT2D eigenvalue weighted by molar-refractivity contribution is -0.120. The van der Waals surface area contributed by atoms with Gasteiger partial charge in [0.1, 0.15) is 5.82 Å². The quantitative estimate of drug-likeness (QED) is 0.706. The van der Waals surface area contributed by atoms with Crippen molar-refractivity contribution in [3.8, 4) is 0 Å². The summed E-state index contributed by atoms with van der Waals surface area (Å²) in [5.41, 5.74) is 1.03. The van der Waals surface area contributed by atoms with Gasteiger partial charge in [-0.3, -0.25) is 4.79 Å². The van der Waals surface area contributed by atoms with E-state index in [9.17, 15) is 9.18 Å². The fourth-order valence-corrected chi connectivity index (χ4v) is 2.75. The van der Waals surface area contributed by atoms with Crippen LogP contribution in [0.25, 0.3) is 10.9 Å². The van der Waals surface area contributed by atoms with Crippen LogP contribution in [-0.2, 0) is 10.2 Å². The van der Waals surface area contributed by atoms with E-state index in [1.54, 1.807) is 38.2 Å². The van der Waals surface area contributed by atoms with Crippen LogP contribution >= 0.6 is 11.6 Å². The molecule has 0 saturated carbocycles. The third kappa shape index (κ3) is 2.82. The monoisotopic (exact) mass is 330 g/mol. The Morgan fingerprint density at radius 2 is 1.96 bits per heavy atom. The van der Waals surface area contributed by atoms with Crippen molar-refractivity contribution in [1.29, 1.82) is 0 Å². The minimum absolute atomic E-state index is 0.175. The van der Waals surface area contributed by atoms with Crippen molar-refractivity contribution in [2.45, 2.75) is 19.3 Å². The van der Waals surface area contributed by atoms with E-state index < -0.39 is 11.2 Å². The number of fused-ring (bicyclic) bond motifs is 1. The number of halogens is 2. The summed E-state index contributed by atoms with van der Waals surface area (Å²) in [6.45, 7) is 3.61. The van der Waals surface area contributed by atoms with Gasteiger partial charge in [-0.2, -0.15) is 0 Å². The molecule has 2 aromatic carbocycles. The first kappa shape index (κ1) is 15.6. The lowest BCUT2D eigenvalue weighted by Gasteiger charge is -2.23. The van der Waals surface area contributed by atoms with E-state index in [-0.39, 0.29) is 11.6 Å². The third-order valence-corrected chi connectivity index (χ3v) is 4.24. The Balaban J connectivity index is 1.96. The van der Waals surface area contributed by atoms with Crippen molar-refractivity contribution in [3.05, 3.63) is 65.1 Å². The highest BCUT2D eigenvalue weighted by molar-refractivity contribution is 6.31. The SMILES string of the molecule is CC(C)(C(=O)Nc1ccccc1F)c1c[nH]c2cc(Cl)ccc12. The van der Waals surface area contributed by atoms with E-state index >= 15 is 0 Å². The Labute approximate surface area is 138 Å². The highest BCUT2D eigenvalue weighted by Crippen LogP contribution is 2.33. The summed E-state index contributed by atoms with van der Waals surface area (Å²) in [5.74, 6) is -0.735. The van der Waals surface area contributed by atoms with Crippen LogP contribution in [0.15, 0.2) is 48.7 Å². The number of carbonyl (C=O) groups excluding carboxylic acids is 1. The average molecular weight is 331 g/mol. The van der Waals surface area contributed by atoms with Crippen LogP contribution in [0, 0.1) is 5.82 Å². The molecule has 23 heavy (non-hydrogen) atoms. The topological polar surface area (TPSA) is 44.9 Å². The molecule has 0 aliphatic heterocycles. The van der Waals surface area contributed by atoms with Gasteiger partial charge in [0.05, 0.1) is 11.1 Å². The normalized spacial score (nSPS) is 11.7. The highest BCUT2D eigenvalue weighted by atomic mass is 35.5. The largest absolute Gasteiger partial charge is 0.361 e. The van der Waals surface area contributed by atoms with E-state index in [1.165, 1.54) is 12.1 Å². The van der Waals surface area contributed by atoms with Crippen LogP contribution in [0.4, 0.5) is 10.1 Å². The van der Waals surface area contributed by atoms with Gasteiger partial charge < -0.3 is 10.3 Å². The number of aromatic nitrogens is 1. The second kappa shape index (κ2) is 5.70. The number of hydrogen-bond donors (Lipinski definition) is 2. The lowest BCUT2D eigenvalue weighted by Crippen LogP contribution is -2.34. The van der Waals surface area contributed by atoms with Crippen LogP contribution in [0.1, 0.15) is 19.4 Å². The molecule has 1 heterocycles. The number of nitrogens with one attached hydrogen (secondary N) is 2. The summed E-state index contributed by atoms with van der Waals surface area (Å²) in [6, 6.07) is 11.6. The number of amides is 1. The van der Waals surface area contributed by atoms with Crippen molar-refractivity contribution in [2.24, 2.45) is 0 Å². The zero-order chi connectivity index (χ0) is 16.6. The van der Waals surface area contributed by atoms with Crippen molar-refractivity contribution >= 4 is 34.1 Å². The fraction of sp³-hybridized carbons (Fsp3) is 0.167. The average Bonchev–Trinajstić information content (AvgIpc) is 2.93. The number of benzene rings is 2. The molecular formula is C18H16ClFN2O. The van der Waals surface area contributed by atoms with Gasteiger partial charge in [0.25, 0.3) is 0 Å². The van der Waals surface area contributed by atoms with E-state index in [0.29, 0.717) is 5.02 Å². The number of rotatable bonds is 3. The summed E-state index contributed by atoms with van der Waals surface area (Å²) >= 11 is 5.99. The molecule has 0 spiro atoms. The Hall–Kier alpha value is -2.33. The molecule has 0 unspecified atom stereocenters. The van der Waals surface area contributed by atoms with E-state index in [2.05, 4.69) is 10.3 Å². The Bertz CT molecular complexity index is 886. The molecule has 3 aromatic rings. The number of hydrogen-bond acceptors (Lipinski definition) is 1. The number of para-hydroxylation sites is 1. The van der Waals surface area contributed by atoms with E-state index in [4.69, 9.17) is 11.6 Å². The van der Waals surface area contributed by atoms with Crippen LogP contribution in [0.5, 0.6) is 0 Å². The Morgan fingerprint density at radius 1 is 1.22 bits per heavy atom.